The van der Waals surface area contributed by atoms with Crippen LogP contribution in [0.2, 0.25) is 0 Å². The van der Waals surface area contributed by atoms with Crippen LogP contribution in [0, 0.1) is 10.1 Å². The first kappa shape index (κ1) is 17.6. The Morgan fingerprint density at radius 2 is 2.04 bits per heavy atom. The van der Waals surface area contributed by atoms with Crippen LogP contribution in [-0.2, 0) is 6.73 Å². The zero-order valence-corrected chi connectivity index (χ0v) is 14.9. The lowest BCUT2D eigenvalue weighted by molar-refractivity contribution is -0.384. The molecule has 0 unspecified atom stereocenters. The summed E-state index contributed by atoms with van der Waals surface area (Å²) in [6.45, 7) is 0.175. The Balaban J connectivity index is 1.61. The standard InChI is InChI=1S/C17H13BrN4O4/c18-13-4-6-16(7-5-13)26-11-21-10-14(9-19-21)20-17(23)12-2-1-3-15(8-12)22(24)25/h1-10H,11H2,(H,20,23). The molecule has 2 aromatic carbocycles. The van der Waals surface area contributed by atoms with E-state index in [0.29, 0.717) is 11.4 Å². The minimum absolute atomic E-state index is 0.142. The minimum atomic E-state index is -0.547. The summed E-state index contributed by atoms with van der Waals surface area (Å²) in [4.78, 5) is 22.4. The number of ether oxygens (including phenoxy) is 1. The molecule has 0 atom stereocenters. The molecule has 9 heteroatoms. The molecule has 0 bridgehead atoms. The lowest BCUT2D eigenvalue weighted by Crippen LogP contribution is -2.11. The monoisotopic (exact) mass is 416 g/mol. The number of nitro groups is 1. The van der Waals surface area contributed by atoms with Gasteiger partial charge in [0.25, 0.3) is 11.6 Å². The maximum atomic E-state index is 12.2. The van der Waals surface area contributed by atoms with Crippen molar-refractivity contribution in [2.24, 2.45) is 0 Å². The second kappa shape index (κ2) is 7.79. The van der Waals surface area contributed by atoms with Crippen molar-refractivity contribution in [1.82, 2.24) is 9.78 Å². The third kappa shape index (κ3) is 4.45. The second-order valence-corrected chi connectivity index (χ2v) is 6.17. The van der Waals surface area contributed by atoms with Crippen LogP contribution in [-0.4, -0.2) is 20.6 Å². The van der Waals surface area contributed by atoms with Gasteiger partial charge in [0.1, 0.15) is 5.75 Å². The van der Waals surface area contributed by atoms with Gasteiger partial charge in [0.15, 0.2) is 6.73 Å². The quantitative estimate of drug-likeness (QED) is 0.485. The maximum absolute atomic E-state index is 12.2. The van der Waals surface area contributed by atoms with E-state index < -0.39 is 10.8 Å². The van der Waals surface area contributed by atoms with Gasteiger partial charge < -0.3 is 10.1 Å². The van der Waals surface area contributed by atoms with E-state index in [1.165, 1.54) is 35.1 Å². The number of nitro benzene ring substituents is 1. The van der Waals surface area contributed by atoms with E-state index in [1.54, 1.807) is 6.20 Å². The first-order valence-electron chi connectivity index (χ1n) is 7.48. The van der Waals surface area contributed by atoms with E-state index in [-0.39, 0.29) is 18.0 Å². The molecular formula is C17H13BrN4O4. The predicted octanol–water partition coefficient (Wildman–Crippen LogP) is 3.84. The van der Waals surface area contributed by atoms with Crippen molar-refractivity contribution in [3.8, 4) is 5.75 Å². The summed E-state index contributed by atoms with van der Waals surface area (Å²) in [5.41, 5.74) is 0.509. The Bertz CT molecular complexity index is 940. The zero-order chi connectivity index (χ0) is 18.5. The molecule has 26 heavy (non-hydrogen) atoms. The third-order valence-electron chi connectivity index (χ3n) is 3.39. The van der Waals surface area contributed by atoms with Crippen molar-refractivity contribution < 1.29 is 14.5 Å². The maximum Gasteiger partial charge on any atom is 0.270 e. The molecule has 0 saturated heterocycles. The van der Waals surface area contributed by atoms with Crippen LogP contribution < -0.4 is 10.1 Å². The van der Waals surface area contributed by atoms with Crippen LogP contribution in [0.25, 0.3) is 0 Å². The highest BCUT2D eigenvalue weighted by atomic mass is 79.9. The molecule has 1 aromatic heterocycles. The van der Waals surface area contributed by atoms with E-state index in [2.05, 4.69) is 26.3 Å². The Morgan fingerprint density at radius 3 is 2.77 bits per heavy atom. The van der Waals surface area contributed by atoms with Crippen LogP contribution in [0.3, 0.4) is 0 Å². The van der Waals surface area contributed by atoms with Crippen molar-refractivity contribution in [3.63, 3.8) is 0 Å². The highest BCUT2D eigenvalue weighted by Gasteiger charge is 2.12. The molecule has 0 aliphatic rings. The van der Waals surface area contributed by atoms with Crippen LogP contribution in [0.5, 0.6) is 5.75 Å². The summed E-state index contributed by atoms with van der Waals surface area (Å²) in [7, 11) is 0. The Hall–Kier alpha value is -3.20. The zero-order valence-electron chi connectivity index (χ0n) is 13.3. The number of rotatable bonds is 6. The lowest BCUT2D eigenvalue weighted by atomic mass is 10.2. The van der Waals surface area contributed by atoms with E-state index >= 15 is 0 Å². The van der Waals surface area contributed by atoms with Crippen molar-refractivity contribution >= 4 is 33.2 Å². The molecule has 1 heterocycles. The number of aromatic nitrogens is 2. The topological polar surface area (TPSA) is 99.3 Å². The molecule has 0 spiro atoms. The SMILES string of the molecule is O=C(Nc1cnn(COc2ccc(Br)cc2)c1)c1cccc([N+](=O)[O-])c1. The fourth-order valence-electron chi connectivity index (χ4n) is 2.13. The molecule has 3 aromatic rings. The number of hydrogen-bond donors (Lipinski definition) is 1. The highest BCUT2D eigenvalue weighted by Crippen LogP contribution is 2.17. The Kier molecular flexibility index (Phi) is 5.28. The lowest BCUT2D eigenvalue weighted by Gasteiger charge is -2.06. The van der Waals surface area contributed by atoms with E-state index in [9.17, 15) is 14.9 Å². The van der Waals surface area contributed by atoms with Gasteiger partial charge in [-0.05, 0) is 30.3 Å². The van der Waals surface area contributed by atoms with Crippen LogP contribution in [0.4, 0.5) is 11.4 Å². The number of nitrogens with zero attached hydrogens (tertiary/aromatic N) is 3. The molecule has 132 valence electrons. The van der Waals surface area contributed by atoms with Crippen LogP contribution >= 0.6 is 15.9 Å². The van der Waals surface area contributed by atoms with Crippen LogP contribution in [0.15, 0.2) is 65.4 Å². The van der Waals surface area contributed by atoms with Gasteiger partial charge in [-0.1, -0.05) is 22.0 Å². The van der Waals surface area contributed by atoms with Crippen molar-refractivity contribution in [1.29, 1.82) is 0 Å². The van der Waals surface area contributed by atoms with Gasteiger partial charge in [0.2, 0.25) is 0 Å². The summed E-state index contributed by atoms with van der Waals surface area (Å²) in [5.74, 6) is 0.230. The van der Waals surface area contributed by atoms with Gasteiger partial charge in [-0.15, -0.1) is 0 Å². The van der Waals surface area contributed by atoms with E-state index in [0.717, 1.165) is 4.47 Å². The fourth-order valence-corrected chi connectivity index (χ4v) is 2.40. The average Bonchev–Trinajstić information content (AvgIpc) is 3.08. The van der Waals surface area contributed by atoms with E-state index in [4.69, 9.17) is 4.74 Å². The number of amides is 1. The molecule has 0 radical (unpaired) electrons. The summed E-state index contributed by atoms with van der Waals surface area (Å²) in [6, 6.07) is 12.9. The molecule has 0 fully saturated rings. The number of carbonyl (C=O) groups is 1. The first-order valence-corrected chi connectivity index (χ1v) is 8.27. The van der Waals surface area contributed by atoms with Gasteiger partial charge in [0, 0.05) is 22.2 Å². The van der Waals surface area contributed by atoms with E-state index in [1.807, 2.05) is 24.3 Å². The normalized spacial score (nSPS) is 10.3. The molecular weight excluding hydrogens is 404 g/mol. The molecule has 0 aliphatic carbocycles. The number of carbonyl (C=O) groups excluding carboxylic acids is 1. The summed E-state index contributed by atoms with van der Waals surface area (Å²) in [5, 5.41) is 17.5. The third-order valence-corrected chi connectivity index (χ3v) is 3.92. The van der Waals surface area contributed by atoms with Gasteiger partial charge in [-0.2, -0.15) is 5.10 Å². The summed E-state index contributed by atoms with van der Waals surface area (Å²) in [6.07, 6.45) is 3.08. The summed E-state index contributed by atoms with van der Waals surface area (Å²) < 4.78 is 8.06. The molecule has 1 amide bonds. The van der Waals surface area contributed by atoms with Gasteiger partial charge >= 0.3 is 0 Å². The first-order chi connectivity index (χ1) is 12.5. The predicted molar refractivity (Wildman–Crippen MR) is 98.0 cm³/mol. The largest absolute Gasteiger partial charge is 0.471 e. The number of non-ortho nitro benzene ring substituents is 1. The highest BCUT2D eigenvalue weighted by molar-refractivity contribution is 9.10. The fraction of sp³-hybridized carbons (Fsp3) is 0.0588. The van der Waals surface area contributed by atoms with Crippen molar-refractivity contribution in [3.05, 3.63) is 81.1 Å². The van der Waals surface area contributed by atoms with Gasteiger partial charge in [-0.25, -0.2) is 4.68 Å². The number of benzene rings is 2. The average molecular weight is 417 g/mol. The Labute approximate surface area is 156 Å². The number of hydrogen-bond acceptors (Lipinski definition) is 5. The van der Waals surface area contributed by atoms with Gasteiger partial charge in [-0.3, -0.25) is 14.9 Å². The Morgan fingerprint density at radius 1 is 1.27 bits per heavy atom. The number of halogens is 1. The van der Waals surface area contributed by atoms with Crippen molar-refractivity contribution in [2.75, 3.05) is 5.32 Å². The molecule has 3 rings (SSSR count). The smallest absolute Gasteiger partial charge is 0.270 e. The molecule has 1 N–H and O–H groups in total. The number of anilines is 1. The summed E-state index contributed by atoms with van der Waals surface area (Å²) >= 11 is 3.35. The van der Waals surface area contributed by atoms with Gasteiger partial charge in [0.05, 0.1) is 23.0 Å². The second-order valence-electron chi connectivity index (χ2n) is 5.26. The van der Waals surface area contributed by atoms with Crippen LogP contribution in [0.1, 0.15) is 10.4 Å². The molecule has 0 saturated carbocycles. The minimum Gasteiger partial charge on any atom is -0.471 e. The molecule has 8 nitrogen and oxygen atoms in total. The number of nitrogens with one attached hydrogen (secondary N) is 1. The molecule has 0 aliphatic heterocycles. The van der Waals surface area contributed by atoms with Crippen molar-refractivity contribution in [2.45, 2.75) is 6.73 Å².